The quantitative estimate of drug-likeness (QED) is 0.345. The van der Waals surface area contributed by atoms with Crippen LogP contribution in [0.1, 0.15) is 18.2 Å². The van der Waals surface area contributed by atoms with Crippen LogP contribution in [0.3, 0.4) is 0 Å². The van der Waals surface area contributed by atoms with Gasteiger partial charge in [0.25, 0.3) is 0 Å². The van der Waals surface area contributed by atoms with Gasteiger partial charge < -0.3 is 20.1 Å². The summed E-state index contributed by atoms with van der Waals surface area (Å²) in [5.74, 6) is 0.663. The predicted octanol–water partition coefficient (Wildman–Crippen LogP) is 2.40. The molecule has 0 unspecified atom stereocenters. The molecule has 0 bridgehead atoms. The third kappa shape index (κ3) is 8.03. The highest BCUT2D eigenvalue weighted by atomic mass is 127. The summed E-state index contributed by atoms with van der Waals surface area (Å²) in [6, 6.07) is 14.2. The Morgan fingerprint density at radius 2 is 1.89 bits per heavy atom. The fraction of sp³-hybridized carbons (Fsp3) is 0.400. The van der Waals surface area contributed by atoms with Gasteiger partial charge in [0.15, 0.2) is 5.96 Å². The van der Waals surface area contributed by atoms with Crippen molar-refractivity contribution in [3.8, 4) is 0 Å². The van der Waals surface area contributed by atoms with Gasteiger partial charge >= 0.3 is 0 Å². The molecule has 6 nitrogen and oxygen atoms in total. The van der Waals surface area contributed by atoms with E-state index in [4.69, 9.17) is 0 Å². The molecule has 2 rings (SSSR count). The number of halogens is 1. The Balaban J connectivity index is 0.00000364. The number of nitrogens with zero attached hydrogens (tertiary/aromatic N) is 3. The van der Waals surface area contributed by atoms with Crippen molar-refractivity contribution in [1.29, 1.82) is 0 Å². The van der Waals surface area contributed by atoms with Crippen LogP contribution in [0.4, 0.5) is 0 Å². The van der Waals surface area contributed by atoms with Crippen molar-refractivity contribution in [2.24, 2.45) is 12.0 Å². The maximum atomic E-state index is 12.1. The number of carbonyl (C=O) groups excluding carboxylic acids is 1. The fourth-order valence-electron chi connectivity index (χ4n) is 2.64. The lowest BCUT2D eigenvalue weighted by Crippen LogP contribution is -2.40. The van der Waals surface area contributed by atoms with Gasteiger partial charge in [0.2, 0.25) is 5.91 Å². The van der Waals surface area contributed by atoms with Gasteiger partial charge in [0.1, 0.15) is 6.54 Å². The predicted molar refractivity (Wildman–Crippen MR) is 121 cm³/mol. The van der Waals surface area contributed by atoms with Gasteiger partial charge in [-0.2, -0.15) is 0 Å². The Hall–Kier alpha value is -2.03. The van der Waals surface area contributed by atoms with E-state index in [-0.39, 0.29) is 36.4 Å². The standard InChI is InChI=1S/C20H29N5O.HI/c1-4-21-20(25(3)16-18-11-8-14-24(18)2)23-15-19(26)22-13-12-17-9-6-5-7-10-17;/h5-11,14H,4,12-13,15-16H2,1-3H3,(H,21,23)(H,22,26);1H. The molecule has 7 heteroatoms. The second kappa shape index (κ2) is 12.4. The largest absolute Gasteiger partial charge is 0.357 e. The van der Waals surface area contributed by atoms with Crippen LogP contribution in [0, 0.1) is 0 Å². The lowest BCUT2D eigenvalue weighted by Gasteiger charge is -2.22. The first-order valence-corrected chi connectivity index (χ1v) is 9.00. The second-order valence-corrected chi connectivity index (χ2v) is 6.22. The minimum absolute atomic E-state index is 0. The van der Waals surface area contributed by atoms with Gasteiger partial charge in [-0.05, 0) is 31.0 Å². The van der Waals surface area contributed by atoms with E-state index in [2.05, 4.69) is 38.4 Å². The van der Waals surface area contributed by atoms with Gasteiger partial charge in [-0.15, -0.1) is 24.0 Å². The molecule has 148 valence electrons. The zero-order valence-electron chi connectivity index (χ0n) is 16.3. The number of rotatable bonds is 8. The van der Waals surface area contributed by atoms with Crippen LogP contribution in [0.25, 0.3) is 0 Å². The van der Waals surface area contributed by atoms with E-state index in [0.717, 1.165) is 25.5 Å². The topological polar surface area (TPSA) is 61.7 Å². The molecule has 0 aliphatic carbocycles. The zero-order valence-corrected chi connectivity index (χ0v) is 18.6. The number of aromatic nitrogens is 1. The van der Waals surface area contributed by atoms with Crippen molar-refractivity contribution in [1.82, 2.24) is 20.1 Å². The van der Waals surface area contributed by atoms with E-state index in [1.165, 1.54) is 11.3 Å². The van der Waals surface area contributed by atoms with Gasteiger partial charge in [-0.1, -0.05) is 30.3 Å². The number of hydrogen-bond acceptors (Lipinski definition) is 2. The fourth-order valence-corrected chi connectivity index (χ4v) is 2.64. The number of benzene rings is 1. The van der Waals surface area contributed by atoms with Crippen LogP contribution in [0.15, 0.2) is 53.7 Å². The average Bonchev–Trinajstić information content (AvgIpc) is 3.04. The van der Waals surface area contributed by atoms with E-state index in [9.17, 15) is 4.79 Å². The average molecular weight is 483 g/mol. The summed E-state index contributed by atoms with van der Waals surface area (Å²) < 4.78 is 2.08. The third-order valence-electron chi connectivity index (χ3n) is 4.10. The normalized spacial score (nSPS) is 10.9. The van der Waals surface area contributed by atoms with Crippen LogP contribution in [-0.2, 0) is 24.8 Å². The molecule has 0 fully saturated rings. The van der Waals surface area contributed by atoms with E-state index in [0.29, 0.717) is 6.54 Å². The summed E-state index contributed by atoms with van der Waals surface area (Å²) in [6.07, 6.45) is 2.84. The van der Waals surface area contributed by atoms with Crippen LogP contribution < -0.4 is 10.6 Å². The third-order valence-corrected chi connectivity index (χ3v) is 4.10. The molecule has 2 N–H and O–H groups in total. The first-order chi connectivity index (χ1) is 12.6. The summed E-state index contributed by atoms with van der Waals surface area (Å²) >= 11 is 0. The molecule has 1 amide bonds. The van der Waals surface area contributed by atoms with Crippen molar-refractivity contribution >= 4 is 35.8 Å². The Morgan fingerprint density at radius 1 is 1.15 bits per heavy atom. The van der Waals surface area contributed by atoms with Crippen molar-refractivity contribution in [2.75, 3.05) is 26.7 Å². The molecule has 0 saturated heterocycles. The highest BCUT2D eigenvalue weighted by Gasteiger charge is 2.09. The second-order valence-electron chi connectivity index (χ2n) is 6.22. The van der Waals surface area contributed by atoms with E-state index in [1.54, 1.807) is 0 Å². The molecule has 0 spiro atoms. The van der Waals surface area contributed by atoms with E-state index < -0.39 is 0 Å². The lowest BCUT2D eigenvalue weighted by molar-refractivity contribution is -0.119. The molecule has 0 radical (unpaired) electrons. The molecule has 0 saturated carbocycles. The number of amides is 1. The van der Waals surface area contributed by atoms with Gasteiger partial charge in [-0.25, -0.2) is 4.99 Å². The summed E-state index contributed by atoms with van der Waals surface area (Å²) in [4.78, 5) is 18.6. The summed E-state index contributed by atoms with van der Waals surface area (Å²) in [5, 5.41) is 6.16. The highest BCUT2D eigenvalue weighted by Crippen LogP contribution is 2.03. The minimum Gasteiger partial charge on any atom is -0.357 e. The first kappa shape index (κ1) is 23.0. The smallest absolute Gasteiger partial charge is 0.241 e. The number of hydrogen-bond donors (Lipinski definition) is 2. The van der Waals surface area contributed by atoms with Gasteiger partial charge in [0.05, 0.1) is 6.54 Å². The number of aliphatic imine (C=N–C) groups is 1. The van der Waals surface area contributed by atoms with Crippen molar-refractivity contribution in [3.63, 3.8) is 0 Å². The Kier molecular flexibility index (Phi) is 10.5. The molecule has 0 aliphatic heterocycles. The maximum absolute atomic E-state index is 12.1. The highest BCUT2D eigenvalue weighted by molar-refractivity contribution is 14.0. The summed E-state index contributed by atoms with van der Waals surface area (Å²) in [6.45, 7) is 4.24. The molecular weight excluding hydrogens is 453 g/mol. The van der Waals surface area contributed by atoms with Crippen LogP contribution >= 0.6 is 24.0 Å². The Labute approximate surface area is 179 Å². The lowest BCUT2D eigenvalue weighted by atomic mass is 10.1. The number of nitrogens with one attached hydrogen (secondary N) is 2. The number of carbonyl (C=O) groups is 1. The molecule has 1 aromatic carbocycles. The molecule has 27 heavy (non-hydrogen) atoms. The van der Waals surface area contributed by atoms with Gasteiger partial charge in [0, 0.05) is 39.1 Å². The Bertz CT molecular complexity index is 714. The summed E-state index contributed by atoms with van der Waals surface area (Å²) in [7, 11) is 4.00. The van der Waals surface area contributed by atoms with Crippen molar-refractivity contribution in [3.05, 3.63) is 59.9 Å². The molecule has 0 atom stereocenters. The number of guanidine groups is 1. The molecule has 0 aliphatic rings. The molecule has 1 aromatic heterocycles. The first-order valence-electron chi connectivity index (χ1n) is 9.00. The van der Waals surface area contributed by atoms with Crippen molar-refractivity contribution < 1.29 is 4.79 Å². The van der Waals surface area contributed by atoms with E-state index >= 15 is 0 Å². The van der Waals surface area contributed by atoms with Gasteiger partial charge in [-0.3, -0.25) is 4.79 Å². The van der Waals surface area contributed by atoms with E-state index in [1.807, 2.05) is 56.4 Å². The number of aryl methyl sites for hydroxylation is 1. The molecule has 2 aromatic rings. The monoisotopic (exact) mass is 483 g/mol. The van der Waals surface area contributed by atoms with Crippen molar-refractivity contribution in [2.45, 2.75) is 19.9 Å². The minimum atomic E-state index is -0.0661. The summed E-state index contributed by atoms with van der Waals surface area (Å²) in [5.41, 5.74) is 2.40. The van der Waals surface area contributed by atoms with Crippen LogP contribution in [0.5, 0.6) is 0 Å². The molecular formula is C20H30IN5O. The molecule has 1 heterocycles. The Morgan fingerprint density at radius 3 is 2.52 bits per heavy atom. The SMILES string of the molecule is CCNC(=NCC(=O)NCCc1ccccc1)N(C)Cc1cccn1C.I. The van der Waals surface area contributed by atoms with Crippen LogP contribution in [0.2, 0.25) is 0 Å². The maximum Gasteiger partial charge on any atom is 0.241 e. The van der Waals surface area contributed by atoms with Crippen LogP contribution in [-0.4, -0.2) is 48.0 Å². The zero-order chi connectivity index (χ0) is 18.8.